The van der Waals surface area contributed by atoms with Crippen LogP contribution in [0.3, 0.4) is 0 Å². The summed E-state index contributed by atoms with van der Waals surface area (Å²) in [7, 11) is 3.44. The third kappa shape index (κ3) is 4.71. The molecule has 2 saturated heterocycles. The summed E-state index contributed by atoms with van der Waals surface area (Å²) in [4.78, 5) is 7.52. The molecule has 2 aromatic carbocycles. The first-order valence-electron chi connectivity index (χ1n) is 10.8. The number of rotatable bonds is 6. The molecule has 6 heteroatoms. The van der Waals surface area contributed by atoms with Crippen molar-refractivity contribution in [3.63, 3.8) is 0 Å². The standard InChI is InChI=1S/C24H32FN3O2/c1-29-23-6-3-7-24(30-2)22(23)18-26-12-4-5-21(17-26)28-15-13-27(14-16-28)20-10-8-19(25)9-11-20/h3,6-11,21H,4-5,12-18H2,1-2H3/t21-/m0/s1. The van der Waals surface area contributed by atoms with Gasteiger partial charge in [0.1, 0.15) is 17.3 Å². The Morgan fingerprint density at radius 2 is 1.57 bits per heavy atom. The van der Waals surface area contributed by atoms with Crippen LogP contribution in [0.1, 0.15) is 18.4 Å². The second-order valence-electron chi connectivity index (χ2n) is 8.17. The first-order chi connectivity index (χ1) is 14.7. The second-order valence-corrected chi connectivity index (χ2v) is 8.17. The lowest BCUT2D eigenvalue weighted by molar-refractivity contribution is 0.0878. The van der Waals surface area contributed by atoms with E-state index >= 15 is 0 Å². The number of likely N-dealkylation sites (tertiary alicyclic amines) is 1. The predicted molar refractivity (Wildman–Crippen MR) is 118 cm³/mol. The molecule has 0 aromatic heterocycles. The van der Waals surface area contributed by atoms with E-state index in [2.05, 4.69) is 14.7 Å². The molecule has 5 nitrogen and oxygen atoms in total. The molecule has 1 atom stereocenters. The van der Waals surface area contributed by atoms with Crippen molar-refractivity contribution in [1.82, 2.24) is 9.80 Å². The van der Waals surface area contributed by atoms with Gasteiger partial charge >= 0.3 is 0 Å². The smallest absolute Gasteiger partial charge is 0.127 e. The third-order valence-electron chi connectivity index (χ3n) is 6.41. The Kier molecular flexibility index (Phi) is 6.75. The van der Waals surface area contributed by atoms with Gasteiger partial charge in [-0.05, 0) is 55.8 Å². The van der Waals surface area contributed by atoms with Gasteiger partial charge in [0.15, 0.2) is 0 Å². The van der Waals surface area contributed by atoms with E-state index in [4.69, 9.17) is 9.47 Å². The number of piperazine rings is 1. The molecule has 0 amide bonds. The summed E-state index contributed by atoms with van der Waals surface area (Å²) in [6.07, 6.45) is 2.45. The zero-order chi connectivity index (χ0) is 20.9. The largest absolute Gasteiger partial charge is 0.496 e. The molecule has 2 aliphatic heterocycles. The number of ether oxygens (including phenoxy) is 2. The molecular formula is C24H32FN3O2. The maximum absolute atomic E-state index is 13.2. The zero-order valence-electron chi connectivity index (χ0n) is 18.0. The minimum absolute atomic E-state index is 0.175. The highest BCUT2D eigenvalue weighted by Crippen LogP contribution is 2.31. The molecule has 0 bridgehead atoms. The summed E-state index contributed by atoms with van der Waals surface area (Å²) in [5.41, 5.74) is 2.24. The minimum Gasteiger partial charge on any atom is -0.496 e. The fraction of sp³-hybridized carbons (Fsp3) is 0.500. The van der Waals surface area contributed by atoms with Crippen LogP contribution < -0.4 is 14.4 Å². The van der Waals surface area contributed by atoms with Crippen molar-refractivity contribution in [1.29, 1.82) is 0 Å². The van der Waals surface area contributed by atoms with E-state index in [-0.39, 0.29) is 5.82 Å². The lowest BCUT2D eigenvalue weighted by atomic mass is 10.0. The summed E-state index contributed by atoms with van der Waals surface area (Å²) in [6.45, 7) is 7.09. The highest BCUT2D eigenvalue weighted by Gasteiger charge is 2.29. The Morgan fingerprint density at radius 3 is 2.20 bits per heavy atom. The van der Waals surface area contributed by atoms with Gasteiger partial charge in [0, 0.05) is 51.0 Å². The first kappa shape index (κ1) is 20.9. The highest BCUT2D eigenvalue weighted by molar-refractivity contribution is 5.47. The quantitative estimate of drug-likeness (QED) is 0.721. The van der Waals surface area contributed by atoms with Crippen molar-refractivity contribution in [2.45, 2.75) is 25.4 Å². The van der Waals surface area contributed by atoms with Crippen LogP contribution in [0.25, 0.3) is 0 Å². The van der Waals surface area contributed by atoms with Gasteiger partial charge in [0.2, 0.25) is 0 Å². The Bertz CT molecular complexity index is 799. The molecular weight excluding hydrogens is 381 g/mol. The van der Waals surface area contributed by atoms with Crippen LogP contribution in [0.15, 0.2) is 42.5 Å². The van der Waals surface area contributed by atoms with Gasteiger partial charge in [-0.3, -0.25) is 9.80 Å². The number of benzene rings is 2. The fourth-order valence-corrected chi connectivity index (χ4v) is 4.78. The van der Waals surface area contributed by atoms with Gasteiger partial charge in [0.05, 0.1) is 19.8 Å². The van der Waals surface area contributed by atoms with Gasteiger partial charge < -0.3 is 14.4 Å². The summed E-state index contributed by atoms with van der Waals surface area (Å²) < 4.78 is 24.4. The molecule has 4 rings (SSSR count). The number of anilines is 1. The van der Waals surface area contributed by atoms with Crippen molar-refractivity contribution in [2.75, 3.05) is 58.4 Å². The van der Waals surface area contributed by atoms with Crippen LogP contribution in [0.4, 0.5) is 10.1 Å². The van der Waals surface area contributed by atoms with Crippen LogP contribution in [-0.2, 0) is 6.54 Å². The van der Waals surface area contributed by atoms with Crippen molar-refractivity contribution >= 4 is 5.69 Å². The van der Waals surface area contributed by atoms with E-state index in [1.807, 2.05) is 30.3 Å². The molecule has 0 spiro atoms. The Morgan fingerprint density at radius 1 is 0.900 bits per heavy atom. The SMILES string of the molecule is COc1cccc(OC)c1CN1CCC[C@H](N2CCN(c3ccc(F)cc3)CC2)C1. The van der Waals surface area contributed by atoms with E-state index in [1.165, 1.54) is 12.8 Å². The summed E-state index contributed by atoms with van der Waals surface area (Å²) in [5.74, 6) is 1.61. The monoisotopic (exact) mass is 413 g/mol. The Labute approximate surface area is 179 Å². The predicted octanol–water partition coefficient (Wildman–Crippen LogP) is 3.63. The molecule has 2 heterocycles. The van der Waals surface area contributed by atoms with Crippen LogP contribution in [0, 0.1) is 5.82 Å². The summed E-state index contributed by atoms with van der Waals surface area (Å²) >= 11 is 0. The molecule has 2 aromatic rings. The molecule has 0 saturated carbocycles. The van der Waals surface area contributed by atoms with E-state index in [1.54, 1.807) is 26.4 Å². The number of halogens is 1. The summed E-state index contributed by atoms with van der Waals surface area (Å²) in [5, 5.41) is 0. The molecule has 30 heavy (non-hydrogen) atoms. The number of hydrogen-bond acceptors (Lipinski definition) is 5. The highest BCUT2D eigenvalue weighted by atomic mass is 19.1. The van der Waals surface area contributed by atoms with Gasteiger partial charge in [-0.25, -0.2) is 4.39 Å². The average molecular weight is 414 g/mol. The zero-order valence-corrected chi connectivity index (χ0v) is 18.0. The maximum atomic E-state index is 13.2. The van der Waals surface area contributed by atoms with Crippen molar-refractivity contribution in [2.24, 2.45) is 0 Å². The normalized spacial score (nSPS) is 20.9. The Hall–Kier alpha value is -2.31. The van der Waals surface area contributed by atoms with Gasteiger partial charge in [-0.1, -0.05) is 6.07 Å². The molecule has 162 valence electrons. The molecule has 0 radical (unpaired) electrons. The number of hydrogen-bond donors (Lipinski definition) is 0. The Balaban J connectivity index is 1.35. The van der Waals surface area contributed by atoms with Crippen LogP contribution in [-0.4, -0.2) is 69.3 Å². The van der Waals surface area contributed by atoms with Crippen LogP contribution in [0.5, 0.6) is 11.5 Å². The van der Waals surface area contributed by atoms with Crippen molar-refractivity contribution in [3.8, 4) is 11.5 Å². The second kappa shape index (κ2) is 9.67. The first-order valence-corrected chi connectivity index (χ1v) is 10.8. The number of nitrogens with zero attached hydrogens (tertiary/aromatic N) is 3. The van der Waals surface area contributed by atoms with E-state index < -0.39 is 0 Å². The van der Waals surface area contributed by atoms with Crippen LogP contribution >= 0.6 is 0 Å². The topological polar surface area (TPSA) is 28.2 Å². The van der Waals surface area contributed by atoms with Gasteiger partial charge in [0.25, 0.3) is 0 Å². The van der Waals surface area contributed by atoms with E-state index in [0.717, 1.165) is 68.6 Å². The van der Waals surface area contributed by atoms with Crippen LogP contribution in [0.2, 0.25) is 0 Å². The van der Waals surface area contributed by atoms with Gasteiger partial charge in [-0.2, -0.15) is 0 Å². The van der Waals surface area contributed by atoms with Gasteiger partial charge in [-0.15, -0.1) is 0 Å². The molecule has 0 unspecified atom stereocenters. The van der Waals surface area contributed by atoms with Crippen molar-refractivity contribution < 1.29 is 13.9 Å². The lowest BCUT2D eigenvalue weighted by Gasteiger charge is -2.44. The lowest BCUT2D eigenvalue weighted by Crippen LogP contribution is -2.55. The number of piperidine rings is 1. The fourth-order valence-electron chi connectivity index (χ4n) is 4.78. The maximum Gasteiger partial charge on any atom is 0.127 e. The summed E-state index contributed by atoms with van der Waals surface area (Å²) in [6, 6.07) is 13.4. The minimum atomic E-state index is -0.175. The van der Waals surface area contributed by atoms with E-state index in [0.29, 0.717) is 6.04 Å². The molecule has 0 N–H and O–H groups in total. The van der Waals surface area contributed by atoms with E-state index in [9.17, 15) is 4.39 Å². The third-order valence-corrected chi connectivity index (χ3v) is 6.41. The van der Waals surface area contributed by atoms with Crippen molar-refractivity contribution in [3.05, 3.63) is 53.8 Å². The average Bonchev–Trinajstić information content (AvgIpc) is 2.80. The number of methoxy groups -OCH3 is 2. The molecule has 2 fully saturated rings. The molecule has 2 aliphatic rings. The molecule has 0 aliphatic carbocycles.